The van der Waals surface area contributed by atoms with Gasteiger partial charge in [0.1, 0.15) is 11.9 Å². The summed E-state index contributed by atoms with van der Waals surface area (Å²) in [6.45, 7) is 6.95. The van der Waals surface area contributed by atoms with Crippen molar-refractivity contribution >= 4 is 11.8 Å². The lowest BCUT2D eigenvalue weighted by atomic mass is 9.45. The summed E-state index contributed by atoms with van der Waals surface area (Å²) in [5, 5.41) is 0. The number of carbonyl (C=O) groups excluding carboxylic acids is 2. The summed E-state index contributed by atoms with van der Waals surface area (Å²) < 4.78 is 5.97. The number of ketones is 1. The molecule has 0 unspecified atom stereocenters. The maximum absolute atomic E-state index is 12.1. The predicted molar refractivity (Wildman–Crippen MR) is 102 cm³/mol. The van der Waals surface area contributed by atoms with Gasteiger partial charge in [-0.2, -0.15) is 0 Å². The van der Waals surface area contributed by atoms with Gasteiger partial charge >= 0.3 is 5.97 Å². The number of fused-ring (bicyclic) bond motifs is 5. The van der Waals surface area contributed by atoms with E-state index < -0.39 is 0 Å². The Bertz CT molecular complexity index is 584. The first kappa shape index (κ1) is 18.5. The Morgan fingerprint density at radius 2 is 1.81 bits per heavy atom. The molecular weight excluding hydrogens is 324 g/mol. The molecule has 7 atom stereocenters. The third-order valence-corrected chi connectivity index (χ3v) is 9.12. The quantitative estimate of drug-likeness (QED) is 0.641. The van der Waals surface area contributed by atoms with E-state index in [0.29, 0.717) is 29.5 Å². The van der Waals surface area contributed by atoms with Crippen molar-refractivity contribution in [3.63, 3.8) is 0 Å². The molecular formula is C23H36O3. The summed E-state index contributed by atoms with van der Waals surface area (Å²) in [6.07, 6.45) is 11.5. The molecule has 0 heterocycles. The lowest BCUT2D eigenvalue weighted by Gasteiger charge is -2.60. The maximum atomic E-state index is 12.1. The van der Waals surface area contributed by atoms with Crippen LogP contribution in [-0.2, 0) is 14.3 Å². The highest BCUT2D eigenvalue weighted by Crippen LogP contribution is 2.66. The Morgan fingerprint density at radius 3 is 2.58 bits per heavy atom. The summed E-state index contributed by atoms with van der Waals surface area (Å²) in [5.41, 5.74) is 0.549. The van der Waals surface area contributed by atoms with Crippen LogP contribution in [0, 0.1) is 34.5 Å². The van der Waals surface area contributed by atoms with E-state index in [-0.39, 0.29) is 17.5 Å². The number of hydrogen-bond acceptors (Lipinski definition) is 3. The summed E-state index contributed by atoms with van der Waals surface area (Å²) in [7, 11) is 0. The largest absolute Gasteiger partial charge is 0.462 e. The molecule has 146 valence electrons. The van der Waals surface area contributed by atoms with Crippen LogP contribution in [0.25, 0.3) is 0 Å². The van der Waals surface area contributed by atoms with Crippen LogP contribution in [0.5, 0.6) is 0 Å². The molecule has 0 aromatic carbocycles. The molecule has 26 heavy (non-hydrogen) atoms. The van der Waals surface area contributed by atoms with Crippen LogP contribution in [0.2, 0.25) is 0 Å². The minimum Gasteiger partial charge on any atom is -0.462 e. The van der Waals surface area contributed by atoms with Crippen LogP contribution in [-0.4, -0.2) is 17.9 Å². The number of rotatable bonds is 3. The average Bonchev–Trinajstić information content (AvgIpc) is 2.92. The van der Waals surface area contributed by atoms with E-state index in [0.717, 1.165) is 43.9 Å². The third-order valence-electron chi connectivity index (χ3n) is 9.12. The third kappa shape index (κ3) is 2.76. The van der Waals surface area contributed by atoms with Gasteiger partial charge in [0.15, 0.2) is 0 Å². The lowest BCUT2D eigenvalue weighted by Crippen LogP contribution is -2.54. The molecule has 0 N–H and O–H groups in total. The van der Waals surface area contributed by atoms with Gasteiger partial charge in [-0.3, -0.25) is 9.59 Å². The second-order valence-corrected chi connectivity index (χ2v) is 10.3. The molecule has 0 saturated heterocycles. The second-order valence-electron chi connectivity index (χ2n) is 10.3. The molecule has 0 bridgehead atoms. The molecule has 3 heteroatoms. The van der Waals surface area contributed by atoms with Crippen molar-refractivity contribution in [1.29, 1.82) is 0 Å². The molecule has 0 spiro atoms. The van der Waals surface area contributed by atoms with Crippen LogP contribution in [0.4, 0.5) is 0 Å². The molecule has 0 amide bonds. The van der Waals surface area contributed by atoms with Crippen molar-refractivity contribution in [2.45, 2.75) is 97.5 Å². The van der Waals surface area contributed by atoms with Crippen LogP contribution in [0.15, 0.2) is 0 Å². The molecule has 4 rings (SSSR count). The van der Waals surface area contributed by atoms with Gasteiger partial charge in [-0.15, -0.1) is 0 Å². The van der Waals surface area contributed by atoms with Gasteiger partial charge in [-0.1, -0.05) is 20.8 Å². The zero-order valence-electron chi connectivity index (χ0n) is 16.9. The van der Waals surface area contributed by atoms with Gasteiger partial charge in [-0.05, 0) is 80.5 Å². The van der Waals surface area contributed by atoms with Crippen molar-refractivity contribution in [3.8, 4) is 0 Å². The van der Waals surface area contributed by atoms with Gasteiger partial charge in [0.2, 0.25) is 0 Å². The molecule has 0 aromatic rings. The van der Waals surface area contributed by atoms with Crippen LogP contribution in [0.3, 0.4) is 0 Å². The normalized spacial score (nSPS) is 47.7. The van der Waals surface area contributed by atoms with E-state index in [1.165, 1.54) is 32.1 Å². The molecule has 4 fully saturated rings. The number of Topliss-reactive ketones (excluding diaryl/α,β-unsaturated/α-hetero) is 1. The molecule has 4 saturated carbocycles. The fourth-order valence-corrected chi connectivity index (χ4v) is 7.61. The van der Waals surface area contributed by atoms with Crippen molar-refractivity contribution in [1.82, 2.24) is 0 Å². The Labute approximate surface area is 158 Å². The summed E-state index contributed by atoms with van der Waals surface area (Å²) in [5.74, 6) is 3.37. The lowest BCUT2D eigenvalue weighted by molar-refractivity contribution is -0.164. The number of esters is 1. The highest BCUT2D eigenvalue weighted by atomic mass is 16.5. The zero-order valence-corrected chi connectivity index (χ0v) is 16.9. The SMILES string of the molecule is CCCC(=O)O[C@@H]1CC[C@H]2[C@@H]3CC[C@H]4CC(=O)CC[C@]4(C)[C@H]3CC[C@]12C. The van der Waals surface area contributed by atoms with Gasteiger partial charge in [0, 0.05) is 24.7 Å². The molecule has 0 radical (unpaired) electrons. The summed E-state index contributed by atoms with van der Waals surface area (Å²) >= 11 is 0. The number of ether oxygens (including phenoxy) is 1. The van der Waals surface area contributed by atoms with Gasteiger partial charge < -0.3 is 4.74 Å². The zero-order chi connectivity index (χ0) is 18.5. The topological polar surface area (TPSA) is 43.4 Å². The molecule has 3 nitrogen and oxygen atoms in total. The van der Waals surface area contributed by atoms with Crippen molar-refractivity contribution in [3.05, 3.63) is 0 Å². The average molecular weight is 361 g/mol. The van der Waals surface area contributed by atoms with E-state index in [9.17, 15) is 9.59 Å². The summed E-state index contributed by atoms with van der Waals surface area (Å²) in [4.78, 5) is 24.1. The highest BCUT2D eigenvalue weighted by molar-refractivity contribution is 5.79. The van der Waals surface area contributed by atoms with Gasteiger partial charge in [0.05, 0.1) is 0 Å². The first-order valence-corrected chi connectivity index (χ1v) is 11.1. The van der Waals surface area contributed by atoms with Crippen LogP contribution < -0.4 is 0 Å². The smallest absolute Gasteiger partial charge is 0.306 e. The van der Waals surface area contributed by atoms with E-state index in [4.69, 9.17) is 4.74 Å². The highest BCUT2D eigenvalue weighted by Gasteiger charge is 2.61. The standard InChI is InChI=1S/C23H36O3/c1-4-5-21(25)26-20-9-8-18-17-7-6-15-14-16(24)10-12-22(15,2)19(17)11-13-23(18,20)3/h15,17-20H,4-14H2,1-3H3/t15-,17-,18-,19-,20+,22-,23-/m0/s1. The first-order chi connectivity index (χ1) is 12.4. The first-order valence-electron chi connectivity index (χ1n) is 11.1. The molecule has 0 aliphatic heterocycles. The maximum Gasteiger partial charge on any atom is 0.306 e. The number of hydrogen-bond donors (Lipinski definition) is 0. The Kier molecular flexibility index (Phi) is 4.72. The molecule has 4 aliphatic carbocycles. The van der Waals surface area contributed by atoms with Crippen LogP contribution in [0.1, 0.15) is 91.4 Å². The van der Waals surface area contributed by atoms with E-state index >= 15 is 0 Å². The van der Waals surface area contributed by atoms with Crippen molar-refractivity contribution in [2.75, 3.05) is 0 Å². The van der Waals surface area contributed by atoms with Crippen molar-refractivity contribution in [2.24, 2.45) is 34.5 Å². The summed E-state index contributed by atoms with van der Waals surface area (Å²) in [6, 6.07) is 0. The van der Waals surface area contributed by atoms with E-state index in [1.54, 1.807) is 0 Å². The monoisotopic (exact) mass is 360 g/mol. The van der Waals surface area contributed by atoms with E-state index in [2.05, 4.69) is 13.8 Å². The number of carbonyl (C=O) groups is 2. The van der Waals surface area contributed by atoms with Gasteiger partial charge in [0.25, 0.3) is 0 Å². The fourth-order valence-electron chi connectivity index (χ4n) is 7.61. The van der Waals surface area contributed by atoms with Gasteiger partial charge in [-0.25, -0.2) is 0 Å². The van der Waals surface area contributed by atoms with E-state index in [1.807, 2.05) is 6.92 Å². The fraction of sp³-hybridized carbons (Fsp3) is 0.913. The second kappa shape index (κ2) is 6.63. The Balaban J connectivity index is 1.52. The molecule has 4 aliphatic rings. The minimum absolute atomic E-state index is 0.00274. The Morgan fingerprint density at radius 1 is 1.04 bits per heavy atom. The minimum atomic E-state index is 0.00274. The van der Waals surface area contributed by atoms with Crippen molar-refractivity contribution < 1.29 is 14.3 Å². The predicted octanol–water partition coefficient (Wildman–Crippen LogP) is 5.31. The van der Waals surface area contributed by atoms with Crippen LogP contribution >= 0.6 is 0 Å². The Hall–Kier alpha value is -0.860. The molecule has 0 aromatic heterocycles.